The molecule has 1 aromatic heterocycles. The van der Waals surface area contributed by atoms with Crippen LogP contribution in [0.1, 0.15) is 131 Å². The first-order chi connectivity index (χ1) is 36.2. The van der Waals surface area contributed by atoms with Crippen LogP contribution in [0.4, 0.5) is 4.79 Å². The van der Waals surface area contributed by atoms with Gasteiger partial charge in [0.15, 0.2) is 5.78 Å². The van der Waals surface area contributed by atoms with Crippen molar-refractivity contribution in [2.45, 2.75) is 186 Å². The molecule has 18 heteroatoms. The molecule has 3 aliphatic heterocycles. The highest BCUT2D eigenvalue weighted by Gasteiger charge is 2.53. The lowest BCUT2D eigenvalue weighted by molar-refractivity contribution is -0.265. The number of hydrogen-bond acceptors (Lipinski definition) is 15. The minimum Gasteiger partial charge on any atom is -0.460 e. The molecule has 3 fully saturated rings. The molecule has 77 heavy (non-hydrogen) atoms. The van der Waals surface area contributed by atoms with Crippen LogP contribution in [-0.4, -0.2) is 144 Å². The van der Waals surface area contributed by atoms with Gasteiger partial charge in [0.05, 0.1) is 18.3 Å². The third kappa shape index (κ3) is 18.2. The van der Waals surface area contributed by atoms with Crippen molar-refractivity contribution < 1.29 is 67.4 Å². The van der Waals surface area contributed by atoms with Crippen LogP contribution < -0.4 is 5.32 Å². The first-order valence-corrected chi connectivity index (χ1v) is 27.5. The second-order valence-electron chi connectivity index (χ2n) is 22.0. The van der Waals surface area contributed by atoms with Gasteiger partial charge in [0.1, 0.15) is 36.2 Å². The summed E-state index contributed by atoms with van der Waals surface area (Å²) in [7, 11) is 4.52. The van der Waals surface area contributed by atoms with E-state index >= 15 is 0 Å². The fourth-order valence-corrected chi connectivity index (χ4v) is 11.3. The Kier molecular flexibility index (Phi) is 26.3. The van der Waals surface area contributed by atoms with Gasteiger partial charge < -0.3 is 48.9 Å². The zero-order valence-electron chi connectivity index (χ0n) is 47.1. The van der Waals surface area contributed by atoms with Gasteiger partial charge in [0.2, 0.25) is 5.79 Å². The molecule has 4 aliphatic rings. The maximum absolute atomic E-state index is 14.6. The molecule has 430 valence electrons. The van der Waals surface area contributed by atoms with E-state index in [1.54, 1.807) is 47.3 Å². The zero-order chi connectivity index (χ0) is 55.7. The fourth-order valence-electron chi connectivity index (χ4n) is 11.3. The van der Waals surface area contributed by atoms with Gasteiger partial charge in [0.25, 0.3) is 11.7 Å². The van der Waals surface area contributed by atoms with E-state index in [2.05, 4.69) is 10.3 Å². The van der Waals surface area contributed by atoms with Gasteiger partial charge in [-0.3, -0.25) is 24.2 Å². The Morgan fingerprint density at radius 1 is 0.896 bits per heavy atom. The summed E-state index contributed by atoms with van der Waals surface area (Å²) in [6.07, 6.45) is 12.3. The zero-order valence-corrected chi connectivity index (χ0v) is 47.9. The number of fused-ring (bicyclic) bond motifs is 3. The summed E-state index contributed by atoms with van der Waals surface area (Å²) >= 11 is 0. The number of halogens is 1. The molecule has 1 aliphatic carbocycles. The van der Waals surface area contributed by atoms with Crippen LogP contribution in [0.2, 0.25) is 0 Å². The van der Waals surface area contributed by atoms with Gasteiger partial charge in [0, 0.05) is 83.3 Å². The van der Waals surface area contributed by atoms with E-state index in [0.717, 1.165) is 11.3 Å². The number of pyridine rings is 1. The van der Waals surface area contributed by atoms with Gasteiger partial charge in [-0.2, -0.15) is 0 Å². The van der Waals surface area contributed by atoms with Gasteiger partial charge in [-0.25, -0.2) is 9.59 Å². The van der Waals surface area contributed by atoms with Gasteiger partial charge in [-0.15, -0.1) is 12.4 Å². The van der Waals surface area contributed by atoms with E-state index in [9.17, 15) is 39.0 Å². The monoisotopic (exact) mass is 1100 g/mol. The molecule has 2 bridgehead atoms. The molecule has 0 radical (unpaired) electrons. The Labute approximate surface area is 462 Å². The minimum atomic E-state index is -2.46. The number of ketones is 3. The molecule has 2 saturated heterocycles. The number of carbonyl (C=O) groups is 6. The number of rotatable bonds is 10. The molecule has 2 amide bonds. The molecule has 5 rings (SSSR count). The third-order valence-corrected chi connectivity index (χ3v) is 16.1. The fraction of sp³-hybridized carbons (Fsp3) is 0.678. The SMILES string of the molecule is CO[C@H]1C[C@@H]2CC[C@@H](C)[C@@](O)(O2)C(=O)C(=O)N2CCCC[C@H]2C(=O)O[C@H]([C@H](C)CC2CC[C@H](OC(=O)NCCc3ccccn3)[C@@H](OC)C2)CC(=O)[C@H](C)/C=C(\C)[C@@H](O)[C@@H](OC)C(=O)[C@H](C)C[C@H](C)\C=C/C=C/C=C/1C.Cl. The van der Waals surface area contributed by atoms with Crippen LogP contribution >= 0.6 is 12.4 Å². The van der Waals surface area contributed by atoms with E-state index in [1.165, 1.54) is 12.0 Å². The number of allylic oxidation sites excluding steroid dienone is 6. The molecule has 0 spiro atoms. The Morgan fingerprint density at radius 2 is 1.65 bits per heavy atom. The molecule has 1 saturated carbocycles. The summed E-state index contributed by atoms with van der Waals surface area (Å²) in [5, 5.41) is 26.4. The number of ether oxygens (including phenoxy) is 6. The lowest BCUT2D eigenvalue weighted by Gasteiger charge is -2.42. The maximum atomic E-state index is 14.6. The molecule has 15 atom stereocenters. The van der Waals surface area contributed by atoms with Crippen LogP contribution in [0.3, 0.4) is 0 Å². The Bertz CT molecular complexity index is 2240. The van der Waals surface area contributed by atoms with Crippen LogP contribution in [0.25, 0.3) is 0 Å². The maximum Gasteiger partial charge on any atom is 0.407 e. The van der Waals surface area contributed by atoms with E-state index in [0.29, 0.717) is 82.7 Å². The van der Waals surface area contributed by atoms with Crippen LogP contribution in [-0.2, 0) is 58.8 Å². The molecule has 0 aromatic carbocycles. The second-order valence-corrected chi connectivity index (χ2v) is 22.0. The number of cyclic esters (lactones) is 1. The number of Topliss-reactive ketones (excluding diaryl/α,β-unsaturated/α-hetero) is 3. The minimum absolute atomic E-state index is 0. The van der Waals surface area contributed by atoms with Crippen molar-refractivity contribution in [3.05, 3.63) is 77.7 Å². The molecule has 4 heterocycles. The number of esters is 1. The predicted molar refractivity (Wildman–Crippen MR) is 293 cm³/mol. The van der Waals surface area contributed by atoms with Gasteiger partial charge >= 0.3 is 12.1 Å². The number of piperidine rings is 1. The van der Waals surface area contributed by atoms with Crippen molar-refractivity contribution in [3.8, 4) is 0 Å². The number of aliphatic hydroxyl groups is 2. The van der Waals surface area contributed by atoms with Crippen LogP contribution in [0, 0.1) is 35.5 Å². The summed E-state index contributed by atoms with van der Waals surface area (Å²) in [5.74, 6) is -8.34. The van der Waals surface area contributed by atoms with E-state index in [4.69, 9.17) is 28.4 Å². The average Bonchev–Trinajstić information content (AvgIpc) is 3.40. The summed E-state index contributed by atoms with van der Waals surface area (Å²) in [4.78, 5) is 89.8. The standard InChI is InChI=1S/C59H87N3O14.ClH/c1-36-18-12-11-13-19-37(2)49(71-8)34-45-24-22-42(7)59(70,76-45)55(66)56(67)62-29-17-15-21-46(62)57(68)74-50(35-47(63)38(3)31-41(6)53(65)54(73-10)52(64)40(5)30-36)39(4)32-43-23-25-48(51(33-43)72-9)75-58(69)61-28-26-44-20-14-16-27-60-44;/h11-14,16,18-20,27,31,36,38-40,42-43,45-46,48-51,53-54,65,70H,15,17,21-26,28-30,32-35H2,1-10H3,(H,61,69);1H/b13-11+,18-12-,37-19+,41-31+;/t36-,38-,39-,40-,42-,43?,45+,46+,48+,49+,50+,51+,53-,54+,59-;/m1./s1. The smallest absolute Gasteiger partial charge is 0.407 e. The first-order valence-electron chi connectivity index (χ1n) is 27.5. The number of carbonyl (C=O) groups excluding carboxylic acids is 6. The van der Waals surface area contributed by atoms with E-state index in [1.807, 2.05) is 76.3 Å². The van der Waals surface area contributed by atoms with E-state index < -0.39 is 102 Å². The molecular weight excluding hydrogens is 1010 g/mol. The van der Waals surface area contributed by atoms with Crippen molar-refractivity contribution in [2.24, 2.45) is 35.5 Å². The number of alkyl carbamates (subject to hydrolysis) is 1. The highest BCUT2D eigenvalue weighted by atomic mass is 35.5. The highest BCUT2D eigenvalue weighted by Crippen LogP contribution is 2.38. The topological polar surface area (TPSA) is 226 Å². The number of aliphatic hydroxyl groups excluding tert-OH is 1. The summed E-state index contributed by atoms with van der Waals surface area (Å²) in [5.41, 5.74) is 2.08. The third-order valence-electron chi connectivity index (χ3n) is 16.1. The molecule has 3 N–H and O–H groups in total. The number of methoxy groups -OCH3 is 3. The Morgan fingerprint density at radius 3 is 2.34 bits per heavy atom. The van der Waals surface area contributed by atoms with Crippen LogP contribution in [0.15, 0.2) is 72.0 Å². The van der Waals surface area contributed by atoms with Gasteiger partial charge in [-0.05, 0) is 119 Å². The lowest BCUT2D eigenvalue weighted by atomic mass is 9.78. The number of nitrogens with one attached hydrogen (secondary N) is 1. The number of amides is 2. The Balaban J connectivity index is 0.0000128. The molecular formula is C59H88ClN3O14. The molecule has 1 unspecified atom stereocenters. The number of nitrogens with zero attached hydrogens (tertiary/aromatic N) is 2. The van der Waals surface area contributed by atoms with Crippen molar-refractivity contribution in [1.29, 1.82) is 0 Å². The summed E-state index contributed by atoms with van der Waals surface area (Å²) in [6.45, 7) is 13.0. The number of hydrogen-bond donors (Lipinski definition) is 3. The normalized spacial score (nSPS) is 35.6. The van der Waals surface area contributed by atoms with Crippen molar-refractivity contribution >= 4 is 47.7 Å². The van der Waals surface area contributed by atoms with Crippen LogP contribution in [0.5, 0.6) is 0 Å². The highest BCUT2D eigenvalue weighted by molar-refractivity contribution is 6.39. The summed E-state index contributed by atoms with van der Waals surface area (Å²) < 4.78 is 35.7. The average molecular weight is 1100 g/mol. The quantitative estimate of drug-likeness (QED) is 0.115. The van der Waals surface area contributed by atoms with Crippen molar-refractivity contribution in [3.63, 3.8) is 0 Å². The Hall–Kier alpha value is -4.62. The second kappa shape index (κ2) is 31.2. The van der Waals surface area contributed by atoms with Crippen molar-refractivity contribution in [1.82, 2.24) is 15.2 Å². The lowest BCUT2D eigenvalue weighted by Crippen LogP contribution is -2.61. The van der Waals surface area contributed by atoms with E-state index in [-0.39, 0.29) is 55.2 Å². The molecule has 1 aromatic rings. The largest absolute Gasteiger partial charge is 0.460 e. The van der Waals surface area contributed by atoms with Crippen molar-refractivity contribution in [2.75, 3.05) is 34.4 Å². The predicted octanol–water partition coefficient (Wildman–Crippen LogP) is 7.97. The van der Waals surface area contributed by atoms with Gasteiger partial charge in [-0.1, -0.05) is 77.1 Å². The molecule has 17 nitrogen and oxygen atoms in total. The first kappa shape index (κ1) is 64.9. The number of aromatic nitrogens is 1. The summed E-state index contributed by atoms with van der Waals surface area (Å²) in [6, 6.07) is 4.42.